The Balaban J connectivity index is 2.81. The van der Waals surface area contributed by atoms with Crippen LogP contribution in [0.25, 0.3) is 0 Å². The molecule has 0 unspecified atom stereocenters. The number of anilines is 1. The molecule has 0 saturated heterocycles. The van der Waals surface area contributed by atoms with Gasteiger partial charge in [-0.25, -0.2) is 4.79 Å². The highest BCUT2D eigenvalue weighted by atomic mass is 16.5. The zero-order chi connectivity index (χ0) is 18.7. The number of hydrogen-bond acceptors (Lipinski definition) is 7. The quantitative estimate of drug-likeness (QED) is 0.415. The first-order valence-corrected chi connectivity index (χ1v) is 7.60. The first-order chi connectivity index (χ1) is 12.0. The van der Waals surface area contributed by atoms with Crippen molar-refractivity contribution < 1.29 is 23.9 Å². The number of carbonyl (C=O) groups is 3. The third-order valence-corrected chi connectivity index (χ3v) is 2.83. The fourth-order valence-corrected chi connectivity index (χ4v) is 1.77. The number of ether oxygens (including phenoxy) is 2. The van der Waals surface area contributed by atoms with Crippen LogP contribution in [0.2, 0.25) is 0 Å². The van der Waals surface area contributed by atoms with Gasteiger partial charge in [0.1, 0.15) is 18.2 Å². The molecule has 8 heteroatoms. The minimum atomic E-state index is -0.726. The normalized spacial score (nSPS) is 10.4. The summed E-state index contributed by atoms with van der Waals surface area (Å²) >= 11 is 0. The minimum Gasteiger partial charge on any atom is -0.465 e. The van der Waals surface area contributed by atoms with Gasteiger partial charge in [-0.1, -0.05) is 12.1 Å². The molecule has 0 aliphatic carbocycles. The van der Waals surface area contributed by atoms with E-state index in [9.17, 15) is 14.4 Å². The number of rotatable bonds is 8. The van der Waals surface area contributed by atoms with Gasteiger partial charge < -0.3 is 20.1 Å². The van der Waals surface area contributed by atoms with Crippen molar-refractivity contribution in [1.82, 2.24) is 5.32 Å². The van der Waals surface area contributed by atoms with Crippen molar-refractivity contribution in [2.75, 3.05) is 25.1 Å². The zero-order valence-corrected chi connectivity index (χ0v) is 14.0. The average molecular weight is 345 g/mol. The zero-order valence-electron chi connectivity index (χ0n) is 14.0. The van der Waals surface area contributed by atoms with Crippen LogP contribution in [-0.4, -0.2) is 37.6 Å². The lowest BCUT2D eigenvalue weighted by molar-refractivity contribution is -0.141. The minimum absolute atomic E-state index is 0.175. The molecule has 2 N–H and O–H groups in total. The molecule has 132 valence electrons. The van der Waals surface area contributed by atoms with Crippen molar-refractivity contribution in [3.63, 3.8) is 0 Å². The molecular weight excluding hydrogens is 326 g/mol. The second-order valence-corrected chi connectivity index (χ2v) is 4.58. The summed E-state index contributed by atoms with van der Waals surface area (Å²) in [5.74, 6) is -1.82. The van der Waals surface area contributed by atoms with Crippen molar-refractivity contribution in [1.29, 1.82) is 5.26 Å². The molecule has 8 nitrogen and oxygen atoms in total. The molecule has 0 aliphatic rings. The van der Waals surface area contributed by atoms with E-state index in [1.165, 1.54) is 12.1 Å². The molecule has 0 fully saturated rings. The van der Waals surface area contributed by atoms with Crippen LogP contribution in [0.3, 0.4) is 0 Å². The van der Waals surface area contributed by atoms with Crippen molar-refractivity contribution >= 4 is 23.5 Å². The number of para-hydroxylation sites is 1. The molecule has 1 aromatic carbocycles. The van der Waals surface area contributed by atoms with Crippen LogP contribution in [0.4, 0.5) is 5.69 Å². The number of nitrogens with one attached hydrogen (secondary N) is 2. The summed E-state index contributed by atoms with van der Waals surface area (Å²) in [5.41, 5.74) is 0.134. The Bertz CT molecular complexity index is 706. The van der Waals surface area contributed by atoms with E-state index in [4.69, 9.17) is 14.7 Å². The molecule has 0 aliphatic heterocycles. The highest BCUT2D eigenvalue weighted by Gasteiger charge is 2.16. The van der Waals surface area contributed by atoms with E-state index < -0.39 is 17.8 Å². The van der Waals surface area contributed by atoms with Gasteiger partial charge in [-0.15, -0.1) is 0 Å². The lowest BCUT2D eigenvalue weighted by atomic mass is 10.1. The van der Waals surface area contributed by atoms with Gasteiger partial charge in [0.15, 0.2) is 0 Å². The number of amides is 1. The van der Waals surface area contributed by atoms with E-state index >= 15 is 0 Å². The number of carbonyl (C=O) groups excluding carboxylic acids is 3. The largest absolute Gasteiger partial charge is 0.465 e. The van der Waals surface area contributed by atoms with Gasteiger partial charge in [-0.3, -0.25) is 9.59 Å². The summed E-state index contributed by atoms with van der Waals surface area (Å²) in [6.45, 7) is 3.60. The van der Waals surface area contributed by atoms with E-state index in [2.05, 4.69) is 10.6 Å². The summed E-state index contributed by atoms with van der Waals surface area (Å²) in [4.78, 5) is 35.3. The molecule has 1 rings (SSSR count). The van der Waals surface area contributed by atoms with Gasteiger partial charge in [0.25, 0.3) is 5.91 Å². The summed E-state index contributed by atoms with van der Waals surface area (Å²) < 4.78 is 9.63. The smallest absolute Gasteiger partial charge is 0.340 e. The van der Waals surface area contributed by atoms with Gasteiger partial charge in [0, 0.05) is 6.20 Å². The Morgan fingerprint density at radius 1 is 1.16 bits per heavy atom. The Hall–Kier alpha value is -3.34. The van der Waals surface area contributed by atoms with E-state index in [1.54, 1.807) is 32.0 Å². The molecule has 0 radical (unpaired) electrons. The van der Waals surface area contributed by atoms with Crippen LogP contribution in [-0.2, 0) is 19.1 Å². The third kappa shape index (κ3) is 6.35. The summed E-state index contributed by atoms with van der Waals surface area (Å²) in [6.07, 6.45) is 1.11. The molecule has 0 saturated carbocycles. The van der Waals surface area contributed by atoms with Crippen molar-refractivity contribution in [3.05, 3.63) is 41.6 Å². The molecule has 25 heavy (non-hydrogen) atoms. The second-order valence-electron chi connectivity index (χ2n) is 4.58. The van der Waals surface area contributed by atoms with Crippen LogP contribution < -0.4 is 10.6 Å². The van der Waals surface area contributed by atoms with Crippen LogP contribution in [0, 0.1) is 11.3 Å². The first-order valence-electron chi connectivity index (χ1n) is 7.60. The molecule has 0 atom stereocenters. The molecule has 1 amide bonds. The number of nitrogens with zero attached hydrogens (tertiary/aromatic N) is 1. The predicted octanol–water partition coefficient (Wildman–Crippen LogP) is 1.36. The average Bonchev–Trinajstić information content (AvgIpc) is 2.59. The van der Waals surface area contributed by atoms with Crippen molar-refractivity contribution in [2.45, 2.75) is 13.8 Å². The number of hydrogen-bond donors (Lipinski definition) is 2. The molecule has 0 heterocycles. The molecule has 0 aromatic heterocycles. The Kier molecular flexibility index (Phi) is 8.23. The monoisotopic (exact) mass is 345 g/mol. The van der Waals surface area contributed by atoms with Crippen molar-refractivity contribution in [3.8, 4) is 6.07 Å². The van der Waals surface area contributed by atoms with Gasteiger partial charge in [-0.05, 0) is 26.0 Å². The van der Waals surface area contributed by atoms with Crippen LogP contribution in [0.5, 0.6) is 0 Å². The highest BCUT2D eigenvalue weighted by molar-refractivity contribution is 6.09. The van der Waals surface area contributed by atoms with Crippen LogP contribution in [0.15, 0.2) is 36.0 Å². The fourth-order valence-electron chi connectivity index (χ4n) is 1.77. The van der Waals surface area contributed by atoms with E-state index in [-0.39, 0.29) is 36.6 Å². The SMILES string of the molecule is CCOC(=O)CN/C=C(/C#N)C(=O)Nc1ccccc1C(=O)OCC. The van der Waals surface area contributed by atoms with Crippen LogP contribution >= 0.6 is 0 Å². The molecular formula is C17H19N3O5. The topological polar surface area (TPSA) is 118 Å². The Morgan fingerprint density at radius 3 is 2.48 bits per heavy atom. The van der Waals surface area contributed by atoms with Gasteiger partial charge in [0.2, 0.25) is 0 Å². The summed E-state index contributed by atoms with van der Waals surface area (Å²) in [6, 6.07) is 8.00. The van der Waals surface area contributed by atoms with E-state index in [1.807, 2.05) is 0 Å². The third-order valence-electron chi connectivity index (χ3n) is 2.83. The maximum Gasteiger partial charge on any atom is 0.340 e. The fraction of sp³-hybridized carbons (Fsp3) is 0.294. The van der Waals surface area contributed by atoms with E-state index in [0.29, 0.717) is 0 Å². The standard InChI is InChI=1S/C17H19N3O5/c1-3-24-15(21)11-19-10-12(9-18)16(22)20-14-8-6-5-7-13(14)17(23)25-4-2/h5-8,10,19H,3-4,11H2,1-2H3,(H,20,22)/b12-10-. The number of benzene rings is 1. The lowest BCUT2D eigenvalue weighted by Crippen LogP contribution is -2.23. The van der Waals surface area contributed by atoms with Gasteiger partial charge in [-0.2, -0.15) is 5.26 Å². The van der Waals surface area contributed by atoms with Gasteiger partial charge >= 0.3 is 11.9 Å². The summed E-state index contributed by atoms with van der Waals surface area (Å²) in [7, 11) is 0. The van der Waals surface area contributed by atoms with Crippen molar-refractivity contribution in [2.24, 2.45) is 0 Å². The molecule has 0 spiro atoms. The molecule has 0 bridgehead atoms. The second kappa shape index (κ2) is 10.4. The van der Waals surface area contributed by atoms with Gasteiger partial charge in [0.05, 0.1) is 24.5 Å². The predicted molar refractivity (Wildman–Crippen MR) is 89.4 cm³/mol. The number of esters is 2. The lowest BCUT2D eigenvalue weighted by Gasteiger charge is -2.10. The number of nitriles is 1. The highest BCUT2D eigenvalue weighted by Crippen LogP contribution is 2.17. The Labute approximate surface area is 145 Å². The first kappa shape index (κ1) is 19.7. The maximum atomic E-state index is 12.2. The summed E-state index contributed by atoms with van der Waals surface area (Å²) in [5, 5.41) is 14.1. The van der Waals surface area contributed by atoms with E-state index in [0.717, 1.165) is 6.20 Å². The van der Waals surface area contributed by atoms with Crippen LogP contribution in [0.1, 0.15) is 24.2 Å². The Morgan fingerprint density at radius 2 is 1.84 bits per heavy atom. The maximum absolute atomic E-state index is 12.2. The molecule has 1 aromatic rings.